The van der Waals surface area contributed by atoms with E-state index in [0.717, 1.165) is 0 Å². The maximum atomic E-state index is 11.6. The van der Waals surface area contributed by atoms with Gasteiger partial charge >= 0.3 is 5.69 Å². The molecule has 7 heteroatoms. The Kier molecular flexibility index (Phi) is 5.44. The number of ether oxygens (including phenoxy) is 2. The van der Waals surface area contributed by atoms with Crippen LogP contribution < -0.4 is 4.74 Å². The predicted molar refractivity (Wildman–Crippen MR) is 72.8 cm³/mol. The van der Waals surface area contributed by atoms with Crippen molar-refractivity contribution in [3.05, 3.63) is 32.3 Å². The first-order chi connectivity index (χ1) is 8.86. The van der Waals surface area contributed by atoms with Crippen LogP contribution in [0.3, 0.4) is 0 Å². The zero-order valence-electron chi connectivity index (χ0n) is 10.8. The van der Waals surface area contributed by atoms with Gasteiger partial charge in [-0.1, -0.05) is 15.9 Å². The van der Waals surface area contributed by atoms with Crippen LogP contribution >= 0.6 is 15.9 Å². The molecule has 0 aliphatic heterocycles. The number of hydrogen-bond donors (Lipinski definition) is 0. The van der Waals surface area contributed by atoms with E-state index in [2.05, 4.69) is 15.9 Å². The van der Waals surface area contributed by atoms with Crippen LogP contribution in [0.4, 0.5) is 5.69 Å². The smallest absolute Gasteiger partial charge is 0.312 e. The Hall–Kier alpha value is -1.47. The van der Waals surface area contributed by atoms with E-state index in [1.807, 2.05) is 0 Å². The highest BCUT2D eigenvalue weighted by Crippen LogP contribution is 2.35. The highest BCUT2D eigenvalue weighted by atomic mass is 79.9. The molecule has 0 radical (unpaired) electrons. The summed E-state index contributed by atoms with van der Waals surface area (Å²) in [7, 11) is 1.50. The zero-order valence-corrected chi connectivity index (χ0v) is 12.4. The number of methoxy groups -OCH3 is 1. The molecule has 1 atom stereocenters. The first-order valence-electron chi connectivity index (χ1n) is 5.51. The molecular weight excluding hydrogens is 318 g/mol. The molecule has 19 heavy (non-hydrogen) atoms. The molecule has 1 aromatic rings. The van der Waals surface area contributed by atoms with Gasteiger partial charge in [0, 0.05) is 17.6 Å². The number of benzene rings is 1. The lowest BCUT2D eigenvalue weighted by Gasteiger charge is -2.16. The van der Waals surface area contributed by atoms with Crippen molar-refractivity contribution in [3.8, 4) is 5.75 Å². The number of rotatable bonds is 6. The molecule has 1 aromatic carbocycles. The average molecular weight is 332 g/mol. The van der Waals surface area contributed by atoms with Gasteiger partial charge in [-0.3, -0.25) is 14.9 Å². The Bertz CT molecular complexity index is 468. The SMILES string of the molecule is COCC(C)Oc1c(C(C)=O)cc(Br)cc1[N+](=O)[O-]. The topological polar surface area (TPSA) is 78.7 Å². The van der Waals surface area contributed by atoms with Crippen molar-refractivity contribution < 1.29 is 19.2 Å². The molecule has 0 fully saturated rings. The monoisotopic (exact) mass is 331 g/mol. The molecule has 0 N–H and O–H groups in total. The molecule has 0 aromatic heterocycles. The zero-order chi connectivity index (χ0) is 14.6. The third-order valence-corrected chi connectivity index (χ3v) is 2.79. The van der Waals surface area contributed by atoms with Crippen LogP contribution in [0.2, 0.25) is 0 Å². The lowest BCUT2D eigenvalue weighted by Crippen LogP contribution is -2.20. The van der Waals surface area contributed by atoms with Crippen LogP contribution in [0, 0.1) is 10.1 Å². The van der Waals surface area contributed by atoms with Crippen molar-refractivity contribution in [2.45, 2.75) is 20.0 Å². The van der Waals surface area contributed by atoms with Gasteiger partial charge in [0.2, 0.25) is 5.75 Å². The Morgan fingerprint density at radius 3 is 2.63 bits per heavy atom. The first kappa shape index (κ1) is 15.6. The number of nitro benzene ring substituents is 1. The highest BCUT2D eigenvalue weighted by molar-refractivity contribution is 9.10. The van der Waals surface area contributed by atoms with Crippen molar-refractivity contribution in [2.75, 3.05) is 13.7 Å². The van der Waals surface area contributed by atoms with Crippen molar-refractivity contribution in [3.63, 3.8) is 0 Å². The summed E-state index contributed by atoms with van der Waals surface area (Å²) < 4.78 is 10.9. The molecule has 0 saturated carbocycles. The van der Waals surface area contributed by atoms with Gasteiger partial charge in [0.15, 0.2) is 5.78 Å². The average Bonchev–Trinajstić information content (AvgIpc) is 2.30. The normalized spacial score (nSPS) is 12.0. The molecule has 1 unspecified atom stereocenters. The molecule has 0 aliphatic carbocycles. The van der Waals surface area contributed by atoms with E-state index < -0.39 is 11.0 Å². The maximum absolute atomic E-state index is 11.6. The van der Waals surface area contributed by atoms with Gasteiger partial charge in [0.1, 0.15) is 6.10 Å². The minimum Gasteiger partial charge on any atom is -0.481 e. The van der Waals surface area contributed by atoms with E-state index >= 15 is 0 Å². The number of nitrogens with zero attached hydrogens (tertiary/aromatic N) is 1. The number of hydrogen-bond acceptors (Lipinski definition) is 5. The van der Waals surface area contributed by atoms with Gasteiger partial charge < -0.3 is 9.47 Å². The van der Waals surface area contributed by atoms with Crippen molar-refractivity contribution in [1.29, 1.82) is 0 Å². The number of carbonyl (C=O) groups is 1. The van der Waals surface area contributed by atoms with Crippen molar-refractivity contribution in [1.82, 2.24) is 0 Å². The van der Waals surface area contributed by atoms with Gasteiger partial charge in [0.25, 0.3) is 0 Å². The quantitative estimate of drug-likeness (QED) is 0.455. The van der Waals surface area contributed by atoms with Crippen LogP contribution in [0.25, 0.3) is 0 Å². The lowest BCUT2D eigenvalue weighted by atomic mass is 10.1. The summed E-state index contributed by atoms with van der Waals surface area (Å²) in [5.74, 6) is -0.325. The molecule has 1 rings (SSSR count). The molecule has 0 aliphatic rings. The van der Waals surface area contributed by atoms with Crippen molar-refractivity contribution in [2.24, 2.45) is 0 Å². The summed E-state index contributed by atoms with van der Waals surface area (Å²) in [5.41, 5.74) is -0.0773. The van der Waals surface area contributed by atoms with E-state index in [0.29, 0.717) is 4.47 Å². The van der Waals surface area contributed by atoms with Crippen LogP contribution in [0.15, 0.2) is 16.6 Å². The van der Waals surface area contributed by atoms with E-state index in [9.17, 15) is 14.9 Å². The van der Waals surface area contributed by atoms with Crippen molar-refractivity contribution >= 4 is 27.4 Å². The molecule has 0 heterocycles. The fourth-order valence-electron chi connectivity index (χ4n) is 1.57. The second-order valence-electron chi connectivity index (χ2n) is 4.00. The van der Waals surface area contributed by atoms with Gasteiger partial charge in [-0.15, -0.1) is 0 Å². The van der Waals surface area contributed by atoms with Gasteiger partial charge in [-0.25, -0.2) is 0 Å². The number of ketones is 1. The molecule has 104 valence electrons. The minimum atomic E-state index is -0.577. The molecule has 0 amide bonds. The molecule has 0 saturated heterocycles. The number of halogens is 1. The molecule has 6 nitrogen and oxygen atoms in total. The third-order valence-electron chi connectivity index (χ3n) is 2.33. The fraction of sp³-hybridized carbons (Fsp3) is 0.417. The summed E-state index contributed by atoms with van der Waals surface area (Å²) in [5, 5.41) is 11.1. The first-order valence-corrected chi connectivity index (χ1v) is 6.30. The van der Waals surface area contributed by atoms with E-state index in [4.69, 9.17) is 9.47 Å². The largest absolute Gasteiger partial charge is 0.481 e. The van der Waals surface area contributed by atoms with Crippen LogP contribution in [0.5, 0.6) is 5.75 Å². The Morgan fingerprint density at radius 2 is 2.16 bits per heavy atom. The van der Waals surface area contributed by atoms with Gasteiger partial charge in [0.05, 0.1) is 17.1 Å². The summed E-state index contributed by atoms with van der Waals surface area (Å²) >= 11 is 3.14. The van der Waals surface area contributed by atoms with Crippen LogP contribution in [0.1, 0.15) is 24.2 Å². The number of Topliss-reactive ketones (excluding diaryl/α,β-unsaturated/α-hetero) is 1. The fourth-order valence-corrected chi connectivity index (χ4v) is 2.02. The Labute approximate surface area is 119 Å². The van der Waals surface area contributed by atoms with Crippen LogP contribution in [-0.2, 0) is 4.74 Å². The van der Waals surface area contributed by atoms with E-state index in [1.165, 1.54) is 26.2 Å². The number of nitro groups is 1. The van der Waals surface area contributed by atoms with E-state index in [-0.39, 0.29) is 29.4 Å². The van der Waals surface area contributed by atoms with Gasteiger partial charge in [-0.05, 0) is 19.9 Å². The predicted octanol–water partition coefficient (Wildman–Crippen LogP) is 2.97. The molecule has 0 bridgehead atoms. The van der Waals surface area contributed by atoms with E-state index in [1.54, 1.807) is 6.92 Å². The standard InChI is InChI=1S/C12H14BrNO5/c1-7(6-18-3)19-12-10(8(2)15)4-9(13)5-11(12)14(16)17/h4-5,7H,6H2,1-3H3. The Balaban J connectivity index is 3.31. The lowest BCUT2D eigenvalue weighted by molar-refractivity contribution is -0.386. The summed E-state index contributed by atoms with van der Waals surface area (Å²) in [6, 6.07) is 2.81. The second kappa shape index (κ2) is 6.63. The number of carbonyl (C=O) groups excluding carboxylic acids is 1. The summed E-state index contributed by atoms with van der Waals surface area (Å²) in [4.78, 5) is 22.1. The summed E-state index contributed by atoms with van der Waals surface area (Å²) in [6.45, 7) is 3.31. The molecule has 0 spiro atoms. The Morgan fingerprint density at radius 1 is 1.53 bits per heavy atom. The second-order valence-corrected chi connectivity index (χ2v) is 4.91. The molecular formula is C12H14BrNO5. The highest BCUT2D eigenvalue weighted by Gasteiger charge is 2.24. The maximum Gasteiger partial charge on any atom is 0.312 e. The minimum absolute atomic E-state index is 0.0229. The van der Waals surface area contributed by atoms with Gasteiger partial charge in [-0.2, -0.15) is 0 Å². The summed E-state index contributed by atoms with van der Waals surface area (Å²) in [6.07, 6.45) is -0.400. The third kappa shape index (κ3) is 4.00. The van der Waals surface area contributed by atoms with Crippen LogP contribution in [-0.4, -0.2) is 30.5 Å².